The zero-order chi connectivity index (χ0) is 9.42. The van der Waals surface area contributed by atoms with Crippen LogP contribution in [-0.2, 0) is 0 Å². The summed E-state index contributed by atoms with van der Waals surface area (Å²) in [5.41, 5.74) is 0. The average Bonchev–Trinajstić information content (AvgIpc) is 2.58. The molecule has 0 aliphatic carbocycles. The highest BCUT2D eigenvalue weighted by Gasteiger charge is 2.40. The van der Waals surface area contributed by atoms with Crippen LogP contribution in [0.2, 0.25) is 0 Å². The first-order chi connectivity index (χ1) is 6.16. The van der Waals surface area contributed by atoms with E-state index in [9.17, 15) is 0 Å². The summed E-state index contributed by atoms with van der Waals surface area (Å²) in [4.78, 5) is 5.22. The fourth-order valence-corrected chi connectivity index (χ4v) is 2.65. The Morgan fingerprint density at radius 3 is 2.46 bits per heavy atom. The number of nitrogens with zero attached hydrogens (tertiary/aromatic N) is 2. The van der Waals surface area contributed by atoms with Gasteiger partial charge in [-0.15, -0.1) is 0 Å². The van der Waals surface area contributed by atoms with Gasteiger partial charge in [0.25, 0.3) is 0 Å². The first-order valence-electron chi connectivity index (χ1n) is 5.61. The molecule has 0 spiro atoms. The van der Waals surface area contributed by atoms with Gasteiger partial charge in [0.15, 0.2) is 0 Å². The predicted molar refractivity (Wildman–Crippen MR) is 55.9 cm³/mol. The summed E-state index contributed by atoms with van der Waals surface area (Å²) in [7, 11) is 2.27. The summed E-state index contributed by atoms with van der Waals surface area (Å²) in [6, 6.07) is 1.76. The van der Waals surface area contributed by atoms with Crippen molar-refractivity contribution >= 4 is 0 Å². The van der Waals surface area contributed by atoms with Gasteiger partial charge in [-0.05, 0) is 32.4 Å². The van der Waals surface area contributed by atoms with E-state index >= 15 is 0 Å². The lowest BCUT2D eigenvalue weighted by Gasteiger charge is -2.32. The Hall–Kier alpha value is -0.0800. The number of piperazine rings is 1. The predicted octanol–water partition coefficient (Wildman–Crippen LogP) is 1.42. The summed E-state index contributed by atoms with van der Waals surface area (Å²) in [5.74, 6) is 0.858. The van der Waals surface area contributed by atoms with Crippen LogP contribution in [0.4, 0.5) is 0 Å². The van der Waals surface area contributed by atoms with Gasteiger partial charge in [-0.3, -0.25) is 4.90 Å². The SMILES string of the molecule is CC(C)CCN1CC2CC1CN2C. The number of likely N-dealkylation sites (tertiary alicyclic amines) is 2. The van der Waals surface area contributed by atoms with Gasteiger partial charge in [0.05, 0.1) is 0 Å². The summed E-state index contributed by atoms with van der Waals surface area (Å²) in [6.45, 7) is 8.60. The minimum Gasteiger partial charge on any atom is -0.301 e. The minimum atomic E-state index is 0.858. The van der Waals surface area contributed by atoms with E-state index in [0.717, 1.165) is 18.0 Å². The number of likely N-dealkylation sites (N-methyl/N-ethyl adjacent to an activating group) is 1. The first kappa shape index (κ1) is 9.47. The van der Waals surface area contributed by atoms with E-state index in [1.165, 1.54) is 32.5 Å². The zero-order valence-electron chi connectivity index (χ0n) is 9.16. The van der Waals surface area contributed by atoms with Crippen LogP contribution in [0.15, 0.2) is 0 Å². The molecular weight excluding hydrogens is 160 g/mol. The van der Waals surface area contributed by atoms with E-state index in [-0.39, 0.29) is 0 Å². The molecule has 0 aromatic carbocycles. The topological polar surface area (TPSA) is 6.48 Å². The maximum Gasteiger partial charge on any atom is 0.0239 e. The normalized spacial score (nSPS) is 35.1. The van der Waals surface area contributed by atoms with Crippen LogP contribution >= 0.6 is 0 Å². The Balaban J connectivity index is 1.79. The molecule has 2 saturated heterocycles. The minimum absolute atomic E-state index is 0.858. The second kappa shape index (κ2) is 3.58. The molecule has 0 radical (unpaired) electrons. The molecule has 0 aromatic heterocycles. The van der Waals surface area contributed by atoms with Gasteiger partial charge < -0.3 is 4.90 Å². The number of rotatable bonds is 3. The van der Waals surface area contributed by atoms with Crippen molar-refractivity contribution in [2.45, 2.75) is 38.8 Å². The van der Waals surface area contributed by atoms with Crippen LogP contribution in [0.1, 0.15) is 26.7 Å². The molecular formula is C11H22N2. The summed E-state index contributed by atoms with van der Waals surface area (Å²) >= 11 is 0. The van der Waals surface area contributed by atoms with Crippen molar-refractivity contribution in [1.82, 2.24) is 9.80 Å². The average molecular weight is 182 g/mol. The Kier molecular flexibility index (Phi) is 2.61. The maximum absolute atomic E-state index is 2.70. The molecule has 2 nitrogen and oxygen atoms in total. The summed E-state index contributed by atoms with van der Waals surface area (Å²) in [5, 5.41) is 0. The van der Waals surface area contributed by atoms with Gasteiger partial charge in [-0.25, -0.2) is 0 Å². The molecule has 2 heteroatoms. The Labute approximate surface area is 81.9 Å². The second-order valence-corrected chi connectivity index (χ2v) is 5.16. The van der Waals surface area contributed by atoms with Crippen LogP contribution in [0, 0.1) is 5.92 Å². The second-order valence-electron chi connectivity index (χ2n) is 5.16. The van der Waals surface area contributed by atoms with Gasteiger partial charge >= 0.3 is 0 Å². The molecule has 2 aliphatic heterocycles. The van der Waals surface area contributed by atoms with Crippen LogP contribution in [0.25, 0.3) is 0 Å². The molecule has 0 aromatic rings. The van der Waals surface area contributed by atoms with Gasteiger partial charge in [0, 0.05) is 25.2 Å². The van der Waals surface area contributed by atoms with E-state index in [4.69, 9.17) is 0 Å². The Morgan fingerprint density at radius 1 is 1.23 bits per heavy atom. The molecule has 2 atom stereocenters. The third kappa shape index (κ3) is 1.89. The molecule has 2 rings (SSSR count). The molecule has 0 amide bonds. The van der Waals surface area contributed by atoms with Crippen LogP contribution < -0.4 is 0 Å². The Morgan fingerprint density at radius 2 is 2.00 bits per heavy atom. The quantitative estimate of drug-likeness (QED) is 0.651. The number of fused-ring (bicyclic) bond motifs is 2. The van der Waals surface area contributed by atoms with E-state index in [2.05, 4.69) is 30.7 Å². The van der Waals surface area contributed by atoms with Crippen molar-refractivity contribution in [1.29, 1.82) is 0 Å². The largest absolute Gasteiger partial charge is 0.301 e. The van der Waals surface area contributed by atoms with E-state index < -0.39 is 0 Å². The molecule has 0 N–H and O–H groups in total. The lowest BCUT2D eigenvalue weighted by atomic mass is 10.1. The fraction of sp³-hybridized carbons (Fsp3) is 1.00. The molecule has 2 fully saturated rings. The van der Waals surface area contributed by atoms with Crippen LogP contribution in [0.3, 0.4) is 0 Å². The number of hydrogen-bond donors (Lipinski definition) is 0. The molecule has 2 heterocycles. The molecule has 2 unspecified atom stereocenters. The van der Waals surface area contributed by atoms with Crippen molar-refractivity contribution in [3.8, 4) is 0 Å². The smallest absolute Gasteiger partial charge is 0.0239 e. The zero-order valence-corrected chi connectivity index (χ0v) is 9.16. The van der Waals surface area contributed by atoms with Crippen LogP contribution in [0.5, 0.6) is 0 Å². The Bertz CT molecular complexity index is 177. The van der Waals surface area contributed by atoms with Crippen molar-refractivity contribution < 1.29 is 0 Å². The molecule has 13 heavy (non-hydrogen) atoms. The highest BCUT2D eigenvalue weighted by molar-refractivity contribution is 4.98. The maximum atomic E-state index is 2.70. The van der Waals surface area contributed by atoms with E-state index in [0.29, 0.717) is 0 Å². The molecule has 2 bridgehead atoms. The van der Waals surface area contributed by atoms with Crippen molar-refractivity contribution in [2.24, 2.45) is 5.92 Å². The van der Waals surface area contributed by atoms with Gasteiger partial charge in [-0.1, -0.05) is 13.8 Å². The summed E-state index contributed by atoms with van der Waals surface area (Å²) < 4.78 is 0. The number of hydrogen-bond acceptors (Lipinski definition) is 2. The van der Waals surface area contributed by atoms with E-state index in [1.54, 1.807) is 0 Å². The van der Waals surface area contributed by atoms with Crippen molar-refractivity contribution in [2.75, 3.05) is 26.7 Å². The van der Waals surface area contributed by atoms with E-state index in [1.807, 2.05) is 0 Å². The first-order valence-corrected chi connectivity index (χ1v) is 5.61. The monoisotopic (exact) mass is 182 g/mol. The third-order valence-corrected chi connectivity index (χ3v) is 3.62. The van der Waals surface area contributed by atoms with Crippen LogP contribution in [-0.4, -0.2) is 48.6 Å². The lowest BCUT2D eigenvalue weighted by molar-refractivity contribution is 0.144. The van der Waals surface area contributed by atoms with Crippen molar-refractivity contribution in [3.63, 3.8) is 0 Å². The highest BCUT2D eigenvalue weighted by atomic mass is 15.3. The molecule has 76 valence electrons. The summed E-state index contributed by atoms with van der Waals surface area (Å²) in [6.07, 6.45) is 2.79. The van der Waals surface area contributed by atoms with Gasteiger partial charge in [0.2, 0.25) is 0 Å². The highest BCUT2D eigenvalue weighted by Crippen LogP contribution is 2.29. The lowest BCUT2D eigenvalue weighted by Crippen LogP contribution is -2.44. The van der Waals surface area contributed by atoms with Crippen molar-refractivity contribution in [3.05, 3.63) is 0 Å². The molecule has 0 saturated carbocycles. The third-order valence-electron chi connectivity index (χ3n) is 3.62. The van der Waals surface area contributed by atoms with Gasteiger partial charge in [-0.2, -0.15) is 0 Å². The molecule has 2 aliphatic rings. The fourth-order valence-electron chi connectivity index (χ4n) is 2.65. The standard InChI is InChI=1S/C11H22N2/c1-9(2)4-5-13-8-10-6-11(13)7-12(10)3/h9-11H,4-8H2,1-3H3. The van der Waals surface area contributed by atoms with Gasteiger partial charge in [0.1, 0.15) is 0 Å².